The average Bonchev–Trinajstić information content (AvgIpc) is 3.35. The molecule has 0 saturated carbocycles. The zero-order valence-electron chi connectivity index (χ0n) is 13.5. The number of benzene rings is 1. The Labute approximate surface area is 141 Å². The third-order valence-electron chi connectivity index (χ3n) is 5.17. The molecule has 1 aromatic carbocycles. The molecule has 24 heavy (non-hydrogen) atoms. The van der Waals surface area contributed by atoms with Crippen molar-refractivity contribution in [2.24, 2.45) is 0 Å². The highest BCUT2D eigenvalue weighted by molar-refractivity contribution is 5.89. The summed E-state index contributed by atoms with van der Waals surface area (Å²) in [6, 6.07) is 11.4. The Morgan fingerprint density at radius 2 is 2.25 bits per heavy atom. The Hall–Kier alpha value is -2.53. The summed E-state index contributed by atoms with van der Waals surface area (Å²) in [5.74, 6) is 0.960. The van der Waals surface area contributed by atoms with Crippen LogP contribution in [0.25, 0.3) is 10.9 Å². The first-order valence-corrected chi connectivity index (χ1v) is 8.68. The Morgan fingerprint density at radius 3 is 3.17 bits per heavy atom. The summed E-state index contributed by atoms with van der Waals surface area (Å²) >= 11 is 0. The van der Waals surface area contributed by atoms with E-state index in [1.165, 1.54) is 35.0 Å². The van der Waals surface area contributed by atoms with Crippen molar-refractivity contribution in [3.63, 3.8) is 0 Å². The van der Waals surface area contributed by atoms with E-state index < -0.39 is 0 Å². The van der Waals surface area contributed by atoms with Gasteiger partial charge in [-0.15, -0.1) is 0 Å². The van der Waals surface area contributed by atoms with Crippen molar-refractivity contribution in [1.82, 2.24) is 15.3 Å². The van der Waals surface area contributed by atoms with Crippen LogP contribution < -0.4 is 15.5 Å². The number of fused-ring (bicyclic) bond motifs is 2. The van der Waals surface area contributed by atoms with Crippen molar-refractivity contribution < 1.29 is 0 Å². The predicted molar refractivity (Wildman–Crippen MR) is 97.9 cm³/mol. The molecule has 1 atom stereocenters. The molecule has 0 radical (unpaired) electrons. The lowest BCUT2D eigenvalue weighted by atomic mass is 10.0. The van der Waals surface area contributed by atoms with E-state index in [0.717, 1.165) is 31.1 Å². The SMILES string of the molecule is c1cnc2c(c1)N(c1ccc3[nH]cc(C[C@H]4CCCN4)c3c1)CN2. The van der Waals surface area contributed by atoms with Gasteiger partial charge < -0.3 is 20.5 Å². The van der Waals surface area contributed by atoms with Crippen LogP contribution in [0.3, 0.4) is 0 Å². The highest BCUT2D eigenvalue weighted by Gasteiger charge is 2.22. The molecule has 0 bridgehead atoms. The van der Waals surface area contributed by atoms with Crippen LogP contribution in [0.1, 0.15) is 18.4 Å². The molecular formula is C19H21N5. The molecule has 4 heterocycles. The second-order valence-electron chi connectivity index (χ2n) is 6.68. The standard InChI is InChI=1S/C19H21N5/c1-3-14(20-7-1)9-13-11-22-17-6-5-15(10-16(13)17)24-12-23-19-18(24)4-2-8-21-19/h2,4-6,8,10-11,14,20,22H,1,3,7,9,12H2,(H,21,23)/t14-/m1/s1. The maximum Gasteiger partial charge on any atom is 0.151 e. The van der Waals surface area contributed by atoms with Gasteiger partial charge in [-0.3, -0.25) is 0 Å². The van der Waals surface area contributed by atoms with E-state index in [4.69, 9.17) is 0 Å². The topological polar surface area (TPSA) is 56.0 Å². The molecule has 2 aliphatic heterocycles. The van der Waals surface area contributed by atoms with E-state index >= 15 is 0 Å². The van der Waals surface area contributed by atoms with Crippen LogP contribution in [-0.4, -0.2) is 29.2 Å². The van der Waals surface area contributed by atoms with Crippen molar-refractivity contribution in [3.05, 3.63) is 48.3 Å². The van der Waals surface area contributed by atoms with Crippen LogP contribution in [0, 0.1) is 0 Å². The number of pyridine rings is 1. The molecule has 2 aromatic heterocycles. The van der Waals surface area contributed by atoms with Gasteiger partial charge in [0.25, 0.3) is 0 Å². The molecule has 1 fully saturated rings. The van der Waals surface area contributed by atoms with Crippen LogP contribution in [-0.2, 0) is 6.42 Å². The number of hydrogen-bond acceptors (Lipinski definition) is 4. The molecule has 122 valence electrons. The zero-order valence-corrected chi connectivity index (χ0v) is 13.5. The van der Waals surface area contributed by atoms with Gasteiger partial charge in [0, 0.05) is 35.0 Å². The van der Waals surface area contributed by atoms with Gasteiger partial charge in [0.2, 0.25) is 0 Å². The second-order valence-corrected chi connectivity index (χ2v) is 6.68. The quantitative estimate of drug-likeness (QED) is 0.693. The van der Waals surface area contributed by atoms with Crippen LogP contribution in [0.2, 0.25) is 0 Å². The smallest absolute Gasteiger partial charge is 0.151 e. The maximum atomic E-state index is 4.41. The minimum absolute atomic E-state index is 0.617. The Bertz CT molecular complexity index is 878. The van der Waals surface area contributed by atoms with Crippen molar-refractivity contribution in [2.45, 2.75) is 25.3 Å². The Kier molecular flexibility index (Phi) is 3.19. The van der Waals surface area contributed by atoms with E-state index in [1.54, 1.807) is 0 Å². The third-order valence-corrected chi connectivity index (χ3v) is 5.17. The summed E-state index contributed by atoms with van der Waals surface area (Å²) in [4.78, 5) is 10.1. The fourth-order valence-corrected chi connectivity index (χ4v) is 3.92. The minimum atomic E-state index is 0.617. The van der Waals surface area contributed by atoms with Gasteiger partial charge in [-0.05, 0) is 61.7 Å². The van der Waals surface area contributed by atoms with Crippen molar-refractivity contribution >= 4 is 28.1 Å². The van der Waals surface area contributed by atoms with E-state index in [2.05, 4.69) is 56.0 Å². The molecule has 3 aromatic rings. The molecule has 5 nitrogen and oxygen atoms in total. The number of rotatable bonds is 3. The second kappa shape index (κ2) is 5.53. The summed E-state index contributed by atoms with van der Waals surface area (Å²) < 4.78 is 0. The van der Waals surface area contributed by atoms with E-state index in [0.29, 0.717) is 6.04 Å². The maximum absolute atomic E-state index is 4.41. The largest absolute Gasteiger partial charge is 0.361 e. The summed E-state index contributed by atoms with van der Waals surface area (Å²) in [6.07, 6.45) is 7.67. The summed E-state index contributed by atoms with van der Waals surface area (Å²) in [5, 5.41) is 8.29. The number of aromatic nitrogens is 2. The van der Waals surface area contributed by atoms with Gasteiger partial charge in [-0.2, -0.15) is 0 Å². The molecule has 0 amide bonds. The normalized spacial score (nSPS) is 19.7. The van der Waals surface area contributed by atoms with Gasteiger partial charge >= 0.3 is 0 Å². The first kappa shape index (κ1) is 13.9. The Morgan fingerprint density at radius 1 is 1.25 bits per heavy atom. The lowest BCUT2D eigenvalue weighted by Gasteiger charge is -2.18. The summed E-state index contributed by atoms with van der Waals surface area (Å²) in [5.41, 5.74) is 4.98. The third kappa shape index (κ3) is 2.24. The van der Waals surface area contributed by atoms with Gasteiger partial charge in [0.05, 0.1) is 12.4 Å². The molecule has 5 rings (SSSR count). The fraction of sp³-hybridized carbons (Fsp3) is 0.316. The fourth-order valence-electron chi connectivity index (χ4n) is 3.92. The summed E-state index contributed by atoms with van der Waals surface area (Å²) in [7, 11) is 0. The zero-order chi connectivity index (χ0) is 15.9. The highest BCUT2D eigenvalue weighted by Crippen LogP contribution is 2.36. The van der Waals surface area contributed by atoms with Crippen LogP contribution in [0.15, 0.2) is 42.7 Å². The number of hydrogen-bond donors (Lipinski definition) is 3. The number of H-pyrrole nitrogens is 1. The lowest BCUT2D eigenvalue weighted by Crippen LogP contribution is -2.23. The molecule has 1 saturated heterocycles. The number of nitrogens with zero attached hydrogens (tertiary/aromatic N) is 2. The Balaban J connectivity index is 1.51. The van der Waals surface area contributed by atoms with Crippen LogP contribution >= 0.6 is 0 Å². The molecular weight excluding hydrogens is 298 g/mol. The molecule has 5 heteroatoms. The number of anilines is 3. The van der Waals surface area contributed by atoms with Crippen molar-refractivity contribution in [2.75, 3.05) is 23.4 Å². The number of aromatic amines is 1. The van der Waals surface area contributed by atoms with Crippen LogP contribution in [0.4, 0.5) is 17.2 Å². The van der Waals surface area contributed by atoms with Crippen molar-refractivity contribution in [1.29, 1.82) is 0 Å². The number of nitrogens with one attached hydrogen (secondary N) is 3. The highest BCUT2D eigenvalue weighted by atomic mass is 15.3. The monoisotopic (exact) mass is 319 g/mol. The van der Waals surface area contributed by atoms with Crippen LogP contribution in [0.5, 0.6) is 0 Å². The molecule has 0 aliphatic carbocycles. The molecule has 0 unspecified atom stereocenters. The molecule has 2 aliphatic rings. The van der Waals surface area contributed by atoms with Gasteiger partial charge in [0.15, 0.2) is 5.82 Å². The molecule has 0 spiro atoms. The first-order valence-electron chi connectivity index (χ1n) is 8.68. The predicted octanol–water partition coefficient (Wildman–Crippen LogP) is 3.38. The van der Waals surface area contributed by atoms with Crippen molar-refractivity contribution in [3.8, 4) is 0 Å². The van der Waals surface area contributed by atoms with E-state index in [1.807, 2.05) is 12.3 Å². The van der Waals surface area contributed by atoms with Gasteiger partial charge in [-0.1, -0.05) is 0 Å². The molecule has 3 N–H and O–H groups in total. The lowest BCUT2D eigenvalue weighted by molar-refractivity contribution is 0.605. The summed E-state index contributed by atoms with van der Waals surface area (Å²) in [6.45, 7) is 1.92. The van der Waals surface area contributed by atoms with E-state index in [9.17, 15) is 0 Å². The van der Waals surface area contributed by atoms with Gasteiger partial charge in [0.1, 0.15) is 0 Å². The minimum Gasteiger partial charge on any atom is -0.361 e. The van der Waals surface area contributed by atoms with E-state index in [-0.39, 0.29) is 0 Å². The van der Waals surface area contributed by atoms with Gasteiger partial charge in [-0.25, -0.2) is 4.98 Å². The first-order chi connectivity index (χ1) is 11.9. The average molecular weight is 319 g/mol.